The Bertz CT molecular complexity index is 950. The molecule has 0 aliphatic carbocycles. The molecule has 0 saturated heterocycles. The average molecular weight is 347 g/mol. The van der Waals surface area contributed by atoms with Crippen molar-refractivity contribution in [2.24, 2.45) is 0 Å². The lowest BCUT2D eigenvalue weighted by atomic mass is 9.95. The maximum absolute atomic E-state index is 12.9. The lowest BCUT2D eigenvalue weighted by molar-refractivity contribution is 0.0938. The summed E-state index contributed by atoms with van der Waals surface area (Å²) in [5, 5.41) is 9.62. The fraction of sp³-hybridized carbons (Fsp3) is 0.190. The maximum Gasteiger partial charge on any atom is 0.277 e. The van der Waals surface area contributed by atoms with Gasteiger partial charge in [0, 0.05) is 17.2 Å². The van der Waals surface area contributed by atoms with Gasteiger partial charge in [0.1, 0.15) is 5.56 Å². The standard InChI is InChI=1S/C21H21N3O2/c1-3-14(2)22-20(25)18-17(15-10-6-4-7-11-15)19(23-24-21(18)26)16-12-8-5-9-13-16/h4-14H,3H2,1-2H3,(H,22,25)(H,24,26)/t14-/m0/s1. The number of aromatic amines is 1. The molecule has 0 aliphatic heterocycles. The van der Waals surface area contributed by atoms with E-state index < -0.39 is 5.56 Å². The SMILES string of the molecule is CC[C@H](C)NC(=O)c1c(-c2ccccc2)c(-c2ccccc2)n[nH]c1=O. The molecule has 132 valence electrons. The molecule has 26 heavy (non-hydrogen) atoms. The van der Waals surface area contributed by atoms with Crippen LogP contribution < -0.4 is 10.9 Å². The topological polar surface area (TPSA) is 74.8 Å². The predicted molar refractivity (Wildman–Crippen MR) is 103 cm³/mol. The van der Waals surface area contributed by atoms with Gasteiger partial charge in [0.15, 0.2) is 0 Å². The van der Waals surface area contributed by atoms with Gasteiger partial charge in [-0.3, -0.25) is 9.59 Å². The Morgan fingerprint density at radius 2 is 1.62 bits per heavy atom. The van der Waals surface area contributed by atoms with Crippen molar-refractivity contribution in [3.8, 4) is 22.4 Å². The zero-order chi connectivity index (χ0) is 18.5. The highest BCUT2D eigenvalue weighted by Crippen LogP contribution is 2.31. The Morgan fingerprint density at radius 3 is 2.19 bits per heavy atom. The molecule has 3 rings (SSSR count). The second kappa shape index (κ2) is 7.78. The second-order valence-corrected chi connectivity index (χ2v) is 6.17. The van der Waals surface area contributed by atoms with E-state index >= 15 is 0 Å². The molecule has 0 spiro atoms. The summed E-state index contributed by atoms with van der Waals surface area (Å²) in [6.07, 6.45) is 0.779. The monoisotopic (exact) mass is 347 g/mol. The number of benzene rings is 2. The summed E-state index contributed by atoms with van der Waals surface area (Å²) in [5.74, 6) is -0.390. The molecular weight excluding hydrogens is 326 g/mol. The molecule has 0 saturated carbocycles. The van der Waals surface area contributed by atoms with Gasteiger partial charge in [-0.25, -0.2) is 5.10 Å². The summed E-state index contributed by atoms with van der Waals surface area (Å²) >= 11 is 0. The summed E-state index contributed by atoms with van der Waals surface area (Å²) in [5.41, 5.74) is 2.32. The van der Waals surface area contributed by atoms with E-state index in [4.69, 9.17) is 0 Å². The van der Waals surface area contributed by atoms with E-state index in [0.29, 0.717) is 11.3 Å². The Hall–Kier alpha value is -3.21. The van der Waals surface area contributed by atoms with Crippen molar-refractivity contribution in [2.75, 3.05) is 0 Å². The highest BCUT2D eigenvalue weighted by Gasteiger charge is 2.23. The van der Waals surface area contributed by atoms with Gasteiger partial charge in [-0.15, -0.1) is 0 Å². The Labute approximate surface area is 152 Å². The van der Waals surface area contributed by atoms with Crippen molar-refractivity contribution >= 4 is 5.91 Å². The Balaban J connectivity index is 2.26. The highest BCUT2D eigenvalue weighted by molar-refractivity contribution is 6.03. The molecule has 3 aromatic rings. The molecule has 1 amide bonds. The molecule has 5 nitrogen and oxygen atoms in total. The van der Waals surface area contributed by atoms with Gasteiger partial charge in [-0.2, -0.15) is 5.10 Å². The van der Waals surface area contributed by atoms with E-state index in [-0.39, 0.29) is 17.5 Å². The molecule has 2 aromatic carbocycles. The van der Waals surface area contributed by atoms with E-state index in [9.17, 15) is 9.59 Å². The van der Waals surface area contributed by atoms with Crippen LogP contribution in [0.25, 0.3) is 22.4 Å². The van der Waals surface area contributed by atoms with Crippen LogP contribution in [-0.2, 0) is 0 Å². The first-order valence-electron chi connectivity index (χ1n) is 8.66. The summed E-state index contributed by atoms with van der Waals surface area (Å²) in [6.45, 7) is 3.89. The molecule has 0 fully saturated rings. The van der Waals surface area contributed by atoms with Gasteiger partial charge in [0.25, 0.3) is 11.5 Å². The number of carbonyl (C=O) groups excluding carboxylic acids is 1. The molecule has 0 unspecified atom stereocenters. The minimum absolute atomic E-state index is 0.0288. The molecule has 0 bridgehead atoms. The molecule has 5 heteroatoms. The smallest absolute Gasteiger partial charge is 0.277 e. The van der Waals surface area contributed by atoms with E-state index in [1.54, 1.807) is 0 Å². The van der Waals surface area contributed by atoms with Crippen LogP contribution in [0.1, 0.15) is 30.6 Å². The third-order valence-corrected chi connectivity index (χ3v) is 4.31. The first-order valence-corrected chi connectivity index (χ1v) is 8.66. The zero-order valence-electron chi connectivity index (χ0n) is 14.8. The van der Waals surface area contributed by atoms with Gasteiger partial charge in [-0.05, 0) is 18.9 Å². The van der Waals surface area contributed by atoms with Gasteiger partial charge in [0.05, 0.1) is 5.69 Å². The lowest BCUT2D eigenvalue weighted by Crippen LogP contribution is -2.36. The first kappa shape index (κ1) is 17.6. The van der Waals surface area contributed by atoms with Crippen LogP contribution in [-0.4, -0.2) is 22.1 Å². The molecule has 1 aromatic heterocycles. The van der Waals surface area contributed by atoms with Crippen molar-refractivity contribution in [1.29, 1.82) is 0 Å². The number of carbonyl (C=O) groups is 1. The average Bonchev–Trinajstić information content (AvgIpc) is 2.68. The number of rotatable bonds is 5. The second-order valence-electron chi connectivity index (χ2n) is 6.17. The molecule has 1 heterocycles. The van der Waals surface area contributed by atoms with Crippen LogP contribution in [0.15, 0.2) is 65.5 Å². The first-order chi connectivity index (χ1) is 12.6. The summed E-state index contributed by atoms with van der Waals surface area (Å²) in [6, 6.07) is 18.9. The van der Waals surface area contributed by atoms with Crippen molar-refractivity contribution < 1.29 is 4.79 Å². The van der Waals surface area contributed by atoms with E-state index in [1.807, 2.05) is 74.5 Å². The minimum Gasteiger partial charge on any atom is -0.349 e. The molecule has 0 aliphatic rings. The van der Waals surface area contributed by atoms with Crippen molar-refractivity contribution in [3.63, 3.8) is 0 Å². The number of amides is 1. The van der Waals surface area contributed by atoms with Gasteiger partial charge in [-0.1, -0.05) is 67.6 Å². The van der Waals surface area contributed by atoms with Gasteiger partial charge < -0.3 is 5.32 Å². The fourth-order valence-corrected chi connectivity index (χ4v) is 2.76. The van der Waals surface area contributed by atoms with Crippen LogP contribution in [0.2, 0.25) is 0 Å². The number of nitrogens with zero attached hydrogens (tertiary/aromatic N) is 1. The third-order valence-electron chi connectivity index (χ3n) is 4.31. The number of nitrogens with one attached hydrogen (secondary N) is 2. The number of hydrogen-bond acceptors (Lipinski definition) is 3. The number of hydrogen-bond donors (Lipinski definition) is 2. The number of aromatic nitrogens is 2. The van der Waals surface area contributed by atoms with E-state index in [0.717, 1.165) is 17.5 Å². The predicted octanol–water partition coefficient (Wildman–Crippen LogP) is 3.63. The van der Waals surface area contributed by atoms with Crippen molar-refractivity contribution in [2.45, 2.75) is 26.3 Å². The van der Waals surface area contributed by atoms with Crippen molar-refractivity contribution in [1.82, 2.24) is 15.5 Å². The molecule has 2 N–H and O–H groups in total. The zero-order valence-corrected chi connectivity index (χ0v) is 14.8. The van der Waals surface area contributed by atoms with Crippen LogP contribution >= 0.6 is 0 Å². The van der Waals surface area contributed by atoms with Crippen LogP contribution in [0, 0.1) is 0 Å². The Kier molecular flexibility index (Phi) is 5.27. The quantitative estimate of drug-likeness (QED) is 0.740. The lowest BCUT2D eigenvalue weighted by Gasteiger charge is -2.16. The fourth-order valence-electron chi connectivity index (χ4n) is 2.76. The third kappa shape index (κ3) is 3.57. The van der Waals surface area contributed by atoms with Crippen molar-refractivity contribution in [3.05, 3.63) is 76.6 Å². The normalized spacial score (nSPS) is 11.8. The van der Waals surface area contributed by atoms with Crippen LogP contribution in [0.4, 0.5) is 0 Å². The highest BCUT2D eigenvalue weighted by atomic mass is 16.2. The Morgan fingerprint density at radius 1 is 1.04 bits per heavy atom. The van der Waals surface area contributed by atoms with Gasteiger partial charge in [0.2, 0.25) is 0 Å². The maximum atomic E-state index is 12.9. The summed E-state index contributed by atoms with van der Waals surface area (Å²) in [7, 11) is 0. The minimum atomic E-state index is -0.496. The summed E-state index contributed by atoms with van der Waals surface area (Å²) < 4.78 is 0. The van der Waals surface area contributed by atoms with Crippen LogP contribution in [0.3, 0.4) is 0 Å². The summed E-state index contributed by atoms with van der Waals surface area (Å²) in [4.78, 5) is 25.4. The molecular formula is C21H21N3O2. The van der Waals surface area contributed by atoms with Gasteiger partial charge >= 0.3 is 0 Å². The van der Waals surface area contributed by atoms with Crippen LogP contribution in [0.5, 0.6) is 0 Å². The largest absolute Gasteiger partial charge is 0.349 e. The molecule has 1 atom stereocenters. The molecule has 0 radical (unpaired) electrons. The van der Waals surface area contributed by atoms with E-state index in [2.05, 4.69) is 15.5 Å². The van der Waals surface area contributed by atoms with E-state index in [1.165, 1.54) is 0 Å². The number of H-pyrrole nitrogens is 1.